The van der Waals surface area contributed by atoms with E-state index in [9.17, 15) is 18.0 Å². The number of benzene rings is 1. The molecule has 110 valence electrons. The molecule has 0 amide bonds. The Kier molecular flexibility index (Phi) is 4.90. The Balaban J connectivity index is 0.000000221. The number of hydrogen-bond donors (Lipinski definition) is 1. The number of hydrogen-bond acceptors (Lipinski definition) is 4. The summed E-state index contributed by atoms with van der Waals surface area (Å²) in [5.74, 6) is 0.760. The zero-order chi connectivity index (χ0) is 15.4. The Bertz CT molecular complexity index is 619. The lowest BCUT2D eigenvalue weighted by Crippen LogP contribution is -2.21. The summed E-state index contributed by atoms with van der Waals surface area (Å²) in [7, 11) is -5.84. The number of ketones is 1. The number of carbonyl (C=O) groups excluding carboxylic acids is 1. The molecule has 0 radical (unpaired) electrons. The Hall–Kier alpha value is -1.87. The normalized spacial score (nSPS) is 14.5. The van der Waals surface area contributed by atoms with E-state index in [1.54, 1.807) is 24.5 Å². The SMILES string of the molecule is O=C1CC=COc2ccccc21.O=S(=O)(O)C(F)(F)F. The van der Waals surface area contributed by atoms with Crippen LogP contribution in [0.5, 0.6) is 5.75 Å². The summed E-state index contributed by atoms with van der Waals surface area (Å²) in [6, 6.07) is 7.27. The second-order valence-corrected chi connectivity index (χ2v) is 4.95. The van der Waals surface area contributed by atoms with Gasteiger partial charge in [-0.15, -0.1) is 0 Å². The van der Waals surface area contributed by atoms with E-state index in [4.69, 9.17) is 17.7 Å². The number of Topliss-reactive ketones (excluding diaryl/α,β-unsaturated/α-hetero) is 1. The van der Waals surface area contributed by atoms with Crippen molar-refractivity contribution in [3.63, 3.8) is 0 Å². The summed E-state index contributed by atoms with van der Waals surface area (Å²) < 4.78 is 62.8. The van der Waals surface area contributed by atoms with E-state index in [2.05, 4.69) is 0 Å². The van der Waals surface area contributed by atoms with Crippen LogP contribution >= 0.6 is 0 Å². The largest absolute Gasteiger partial charge is 0.522 e. The molecular weight excluding hydrogens is 301 g/mol. The molecule has 0 aliphatic carbocycles. The third-order valence-electron chi connectivity index (χ3n) is 2.07. The Labute approximate surface area is 112 Å². The van der Waals surface area contributed by atoms with Crippen molar-refractivity contribution in [2.75, 3.05) is 0 Å². The first kappa shape index (κ1) is 16.2. The quantitative estimate of drug-likeness (QED) is 0.588. The number of para-hydroxylation sites is 1. The van der Waals surface area contributed by atoms with Gasteiger partial charge in [0.25, 0.3) is 0 Å². The van der Waals surface area contributed by atoms with E-state index < -0.39 is 15.6 Å². The molecule has 0 saturated heterocycles. The first-order valence-electron chi connectivity index (χ1n) is 5.10. The second kappa shape index (κ2) is 6.06. The number of carbonyl (C=O) groups is 1. The van der Waals surface area contributed by atoms with Gasteiger partial charge in [0.1, 0.15) is 5.75 Å². The lowest BCUT2D eigenvalue weighted by atomic mass is 10.1. The highest BCUT2D eigenvalue weighted by Crippen LogP contribution is 2.22. The fraction of sp³-hybridized carbons (Fsp3) is 0.182. The summed E-state index contributed by atoms with van der Waals surface area (Å²) in [5.41, 5.74) is -4.87. The monoisotopic (exact) mass is 310 g/mol. The minimum atomic E-state index is -5.84. The van der Waals surface area contributed by atoms with E-state index in [0.29, 0.717) is 17.7 Å². The average molecular weight is 310 g/mol. The van der Waals surface area contributed by atoms with E-state index in [1.807, 2.05) is 12.1 Å². The summed E-state index contributed by atoms with van der Waals surface area (Å²) >= 11 is 0. The number of fused-ring (bicyclic) bond motifs is 1. The molecule has 1 aliphatic rings. The predicted octanol–water partition coefficient (Wildman–Crippen LogP) is 2.56. The molecule has 0 unspecified atom stereocenters. The number of alkyl halides is 3. The molecule has 1 heterocycles. The van der Waals surface area contributed by atoms with E-state index >= 15 is 0 Å². The van der Waals surface area contributed by atoms with Gasteiger partial charge in [0.2, 0.25) is 0 Å². The molecule has 0 fully saturated rings. The highest BCUT2D eigenvalue weighted by atomic mass is 32.2. The lowest BCUT2D eigenvalue weighted by molar-refractivity contribution is -0.0510. The van der Waals surface area contributed by atoms with Crippen molar-refractivity contribution >= 4 is 15.9 Å². The average Bonchev–Trinajstić information content (AvgIpc) is 2.50. The smallest absolute Gasteiger partial charge is 0.465 e. The Morgan fingerprint density at radius 3 is 2.30 bits per heavy atom. The molecule has 0 atom stereocenters. The van der Waals surface area contributed by atoms with Gasteiger partial charge >= 0.3 is 15.6 Å². The Morgan fingerprint density at radius 2 is 1.75 bits per heavy atom. The maximum absolute atomic E-state index is 11.4. The van der Waals surface area contributed by atoms with Crippen LogP contribution in [0.4, 0.5) is 13.2 Å². The van der Waals surface area contributed by atoms with Gasteiger partial charge in [-0.25, -0.2) is 0 Å². The minimum Gasteiger partial charge on any atom is -0.465 e. The van der Waals surface area contributed by atoms with Crippen molar-refractivity contribution in [2.24, 2.45) is 0 Å². The van der Waals surface area contributed by atoms with Gasteiger partial charge in [0.15, 0.2) is 5.78 Å². The van der Waals surface area contributed by atoms with Crippen LogP contribution in [0.3, 0.4) is 0 Å². The summed E-state index contributed by atoms with van der Waals surface area (Å²) in [5, 5.41) is 0. The van der Waals surface area contributed by atoms with Crippen molar-refractivity contribution < 1.29 is 35.7 Å². The van der Waals surface area contributed by atoms with E-state index in [1.165, 1.54) is 0 Å². The molecule has 1 aromatic carbocycles. The topological polar surface area (TPSA) is 80.7 Å². The van der Waals surface area contributed by atoms with Crippen LogP contribution in [0.2, 0.25) is 0 Å². The van der Waals surface area contributed by atoms with Crippen LogP contribution in [0.15, 0.2) is 36.6 Å². The maximum atomic E-state index is 11.4. The zero-order valence-electron chi connectivity index (χ0n) is 9.79. The third-order valence-corrected chi connectivity index (χ3v) is 2.66. The molecule has 5 nitrogen and oxygen atoms in total. The van der Waals surface area contributed by atoms with Gasteiger partial charge in [0, 0.05) is 6.42 Å². The van der Waals surface area contributed by atoms with Gasteiger partial charge in [-0.3, -0.25) is 9.35 Å². The van der Waals surface area contributed by atoms with Crippen LogP contribution < -0.4 is 4.74 Å². The molecule has 1 aromatic rings. The van der Waals surface area contributed by atoms with Crippen molar-refractivity contribution in [3.05, 3.63) is 42.2 Å². The van der Waals surface area contributed by atoms with Crippen molar-refractivity contribution in [1.82, 2.24) is 0 Å². The predicted molar refractivity (Wildman–Crippen MR) is 62.8 cm³/mol. The molecular formula is C11H9F3O5S. The second-order valence-electron chi connectivity index (χ2n) is 3.53. The number of halogens is 3. The lowest BCUT2D eigenvalue weighted by Gasteiger charge is -2.02. The molecule has 9 heteroatoms. The van der Waals surface area contributed by atoms with Gasteiger partial charge in [-0.1, -0.05) is 12.1 Å². The number of ether oxygens (including phenoxy) is 1. The van der Waals surface area contributed by atoms with Crippen molar-refractivity contribution in [1.29, 1.82) is 0 Å². The third kappa shape index (κ3) is 4.35. The molecule has 1 N–H and O–H groups in total. The Morgan fingerprint density at radius 1 is 1.20 bits per heavy atom. The molecule has 20 heavy (non-hydrogen) atoms. The van der Waals surface area contributed by atoms with Gasteiger partial charge < -0.3 is 4.74 Å². The molecule has 2 rings (SSSR count). The van der Waals surface area contributed by atoms with Crippen LogP contribution in [0, 0.1) is 0 Å². The number of rotatable bonds is 0. The van der Waals surface area contributed by atoms with E-state index in [-0.39, 0.29) is 5.78 Å². The molecule has 0 aromatic heterocycles. The fourth-order valence-electron chi connectivity index (χ4n) is 1.19. The first-order chi connectivity index (χ1) is 9.13. The molecule has 0 bridgehead atoms. The highest BCUT2D eigenvalue weighted by Gasteiger charge is 2.44. The number of allylic oxidation sites excluding steroid dienone is 1. The van der Waals surface area contributed by atoms with Crippen LogP contribution in [0.1, 0.15) is 16.8 Å². The van der Waals surface area contributed by atoms with Crippen LogP contribution in [-0.2, 0) is 10.1 Å². The molecule has 0 spiro atoms. The minimum absolute atomic E-state index is 0.111. The fourth-order valence-corrected chi connectivity index (χ4v) is 1.19. The van der Waals surface area contributed by atoms with Crippen LogP contribution in [0.25, 0.3) is 0 Å². The standard InChI is InChI=1S/C10H8O2.CHF3O3S/c11-9-5-3-7-12-10-6-2-1-4-8(9)10;2-1(3,4)8(5,6)7/h1-4,6-7H,5H2;(H,5,6,7). The summed E-state index contributed by atoms with van der Waals surface area (Å²) in [6.07, 6.45) is 3.71. The zero-order valence-corrected chi connectivity index (χ0v) is 10.6. The van der Waals surface area contributed by atoms with Crippen molar-refractivity contribution in [2.45, 2.75) is 11.9 Å². The van der Waals surface area contributed by atoms with Gasteiger partial charge in [-0.05, 0) is 18.2 Å². The molecule has 1 aliphatic heterocycles. The summed E-state index contributed by atoms with van der Waals surface area (Å²) in [4.78, 5) is 11.4. The van der Waals surface area contributed by atoms with Crippen molar-refractivity contribution in [3.8, 4) is 5.75 Å². The van der Waals surface area contributed by atoms with Gasteiger partial charge in [-0.2, -0.15) is 21.6 Å². The van der Waals surface area contributed by atoms with Gasteiger partial charge in [0.05, 0.1) is 11.8 Å². The summed E-state index contributed by atoms with van der Waals surface area (Å²) in [6.45, 7) is 0. The van der Waals surface area contributed by atoms with Crippen LogP contribution in [-0.4, -0.2) is 24.3 Å². The van der Waals surface area contributed by atoms with E-state index in [0.717, 1.165) is 0 Å². The molecule has 0 saturated carbocycles. The maximum Gasteiger partial charge on any atom is 0.522 e. The first-order valence-corrected chi connectivity index (χ1v) is 6.54. The highest BCUT2D eigenvalue weighted by molar-refractivity contribution is 7.86.